The molecule has 0 aliphatic carbocycles. The molecule has 0 radical (unpaired) electrons. The van der Waals surface area contributed by atoms with Gasteiger partial charge in [0.25, 0.3) is 0 Å². The van der Waals surface area contributed by atoms with E-state index in [9.17, 15) is 24.0 Å². The summed E-state index contributed by atoms with van der Waals surface area (Å²) in [5.41, 5.74) is 1.66. The van der Waals surface area contributed by atoms with Gasteiger partial charge in [-0.2, -0.15) is 0 Å². The van der Waals surface area contributed by atoms with Crippen molar-refractivity contribution in [3.63, 3.8) is 0 Å². The van der Waals surface area contributed by atoms with Crippen molar-refractivity contribution in [2.75, 3.05) is 13.1 Å². The van der Waals surface area contributed by atoms with Crippen LogP contribution in [0.1, 0.15) is 263 Å². The Bertz CT molecular complexity index is 2050. The van der Waals surface area contributed by atoms with Gasteiger partial charge in [-0.15, -0.1) is 0 Å². The lowest BCUT2D eigenvalue weighted by Crippen LogP contribution is -2.46. The Labute approximate surface area is 497 Å². The highest BCUT2D eigenvalue weighted by molar-refractivity contribution is 5.85. The number of nitrogens with zero attached hydrogens (tertiary/aromatic N) is 1. The van der Waals surface area contributed by atoms with Crippen molar-refractivity contribution in [2.45, 2.75) is 290 Å². The summed E-state index contributed by atoms with van der Waals surface area (Å²) in [6.45, 7) is 11.3. The number of unbranched alkanes of at least 4 members (excludes halogenated alkanes) is 26. The molecule has 0 saturated heterocycles. The molecular formula is C70H111N3O9. The van der Waals surface area contributed by atoms with Gasteiger partial charge in [-0.3, -0.25) is 14.5 Å². The van der Waals surface area contributed by atoms with E-state index in [1.54, 1.807) is 20.8 Å². The van der Waals surface area contributed by atoms with Crippen LogP contribution in [0.3, 0.4) is 0 Å². The number of rotatable bonds is 49. The summed E-state index contributed by atoms with van der Waals surface area (Å²) in [6.07, 6.45) is 35.2. The number of hydrogen-bond acceptors (Lipinski definition) is 10. The van der Waals surface area contributed by atoms with Crippen LogP contribution in [0.4, 0.5) is 4.79 Å². The van der Waals surface area contributed by atoms with E-state index < -0.39 is 47.7 Å². The molecule has 0 aliphatic heterocycles. The molecule has 12 nitrogen and oxygen atoms in total. The number of carbonyl (C=O) groups is 5. The maximum absolute atomic E-state index is 14.4. The molecule has 0 aliphatic rings. The number of hydrogen-bond donors (Lipinski definition) is 2. The smallest absolute Gasteiger partial charge is 0.408 e. The predicted octanol–water partition coefficient (Wildman–Crippen LogP) is 17.2. The summed E-state index contributed by atoms with van der Waals surface area (Å²) < 4.78 is 23.0. The monoisotopic (exact) mass is 1140 g/mol. The van der Waals surface area contributed by atoms with Crippen molar-refractivity contribution in [3.05, 3.63) is 108 Å². The van der Waals surface area contributed by atoms with E-state index in [1.165, 1.54) is 141 Å². The van der Waals surface area contributed by atoms with Crippen LogP contribution in [0.25, 0.3) is 0 Å². The molecule has 2 N–H and O–H groups in total. The zero-order valence-electron chi connectivity index (χ0n) is 51.9. The molecule has 0 bridgehead atoms. The number of benzene rings is 3. The zero-order valence-corrected chi connectivity index (χ0v) is 51.9. The van der Waals surface area contributed by atoms with Gasteiger partial charge in [0.2, 0.25) is 5.91 Å². The molecule has 0 heterocycles. The van der Waals surface area contributed by atoms with Gasteiger partial charge in [0.05, 0.1) is 0 Å². The van der Waals surface area contributed by atoms with Gasteiger partial charge in [-0.25, -0.2) is 14.4 Å². The van der Waals surface area contributed by atoms with Gasteiger partial charge in [-0.05, 0) is 89.1 Å². The van der Waals surface area contributed by atoms with E-state index in [-0.39, 0.29) is 57.9 Å². The fraction of sp³-hybridized carbons (Fsp3) is 0.671. The number of alkyl carbamates (subject to hydrolysis) is 1. The molecular weight excluding hydrogens is 1030 g/mol. The quantitative estimate of drug-likeness (QED) is 0.0318. The Hall–Kier alpha value is -5.23. The molecule has 3 atom stereocenters. The number of esters is 3. The molecule has 2 unspecified atom stereocenters. The van der Waals surface area contributed by atoms with Crippen molar-refractivity contribution in [1.82, 2.24) is 15.5 Å². The largest absolute Gasteiger partial charge is 0.460 e. The Kier molecular flexibility index (Phi) is 40.0. The second-order valence-corrected chi connectivity index (χ2v) is 23.8. The third-order valence-corrected chi connectivity index (χ3v) is 15.2. The summed E-state index contributed by atoms with van der Waals surface area (Å²) in [4.78, 5) is 71.4. The topological polar surface area (TPSA) is 150 Å². The van der Waals surface area contributed by atoms with Crippen LogP contribution in [0.15, 0.2) is 91.0 Å². The molecule has 12 heteroatoms. The first kappa shape index (κ1) is 71.0. The second kappa shape index (κ2) is 46.2. The highest BCUT2D eigenvalue weighted by atomic mass is 16.6. The van der Waals surface area contributed by atoms with E-state index in [1.807, 2.05) is 91.0 Å². The Morgan fingerprint density at radius 2 is 0.720 bits per heavy atom. The predicted molar refractivity (Wildman–Crippen MR) is 333 cm³/mol. The van der Waals surface area contributed by atoms with Gasteiger partial charge < -0.3 is 29.6 Å². The first-order chi connectivity index (χ1) is 39.9. The number of amides is 2. The van der Waals surface area contributed by atoms with Crippen molar-refractivity contribution < 1.29 is 42.9 Å². The van der Waals surface area contributed by atoms with Gasteiger partial charge in [0.15, 0.2) is 0 Å². The molecule has 0 fully saturated rings. The molecule has 82 heavy (non-hydrogen) atoms. The Morgan fingerprint density at radius 1 is 0.402 bits per heavy atom. The van der Waals surface area contributed by atoms with Crippen molar-refractivity contribution in [1.29, 1.82) is 0 Å². The third kappa shape index (κ3) is 36.4. The first-order valence-corrected chi connectivity index (χ1v) is 32.5. The molecule has 460 valence electrons. The molecule has 3 aromatic rings. The second-order valence-electron chi connectivity index (χ2n) is 23.8. The Morgan fingerprint density at radius 3 is 1.06 bits per heavy atom. The third-order valence-electron chi connectivity index (χ3n) is 15.2. The molecule has 0 aromatic heterocycles. The molecule has 0 spiro atoms. The van der Waals surface area contributed by atoms with Crippen LogP contribution in [0.2, 0.25) is 0 Å². The standard InChI is InChI=1S/C70H111N3O9/c1-6-8-10-12-14-16-18-20-22-24-26-28-30-41-54-73(55-42-31-29-27-25-23-21-19-17-15-13-11-9-7-2)64(68(77)81-58-61-48-39-34-40-49-61)52-53-65(74)71-62(66(75)79-56-59-44-35-32-36-45-59)50-43-51-63(72-69(78)82-70(3,4)5)67(76)80-57-60-46-37-33-38-47-60/h32-40,44-49,62-64H,6-31,41-43,50-58H2,1-5H3,(H,71,74)(H,72,78)/t62?,63?,64-/m1/s1. The average Bonchev–Trinajstić information content (AvgIpc) is 3.47. The highest BCUT2D eigenvalue weighted by Crippen LogP contribution is 2.20. The van der Waals surface area contributed by atoms with Crippen molar-refractivity contribution >= 4 is 29.9 Å². The zero-order chi connectivity index (χ0) is 59.1. The number of carbonyl (C=O) groups excluding carboxylic acids is 5. The number of ether oxygens (including phenoxy) is 4. The maximum atomic E-state index is 14.4. The summed E-state index contributed by atoms with van der Waals surface area (Å²) in [5, 5.41) is 5.62. The normalized spacial score (nSPS) is 12.6. The van der Waals surface area contributed by atoms with Crippen LogP contribution in [-0.4, -0.2) is 71.6 Å². The Balaban J connectivity index is 1.73. The van der Waals surface area contributed by atoms with Crippen LogP contribution in [-0.2, 0) is 57.9 Å². The fourth-order valence-electron chi connectivity index (χ4n) is 10.4. The minimum atomic E-state index is -1.09. The van der Waals surface area contributed by atoms with Crippen LogP contribution in [0.5, 0.6) is 0 Å². The molecule has 3 aromatic carbocycles. The SMILES string of the molecule is CCCCCCCCCCCCCCCCN(CCCCCCCCCCCCCCCC)[C@H](CCC(=O)NC(CCCC(NC(=O)OC(C)(C)C)C(=O)OCc1ccccc1)C(=O)OCc1ccccc1)C(=O)OCc1ccccc1. The highest BCUT2D eigenvalue weighted by Gasteiger charge is 2.31. The van der Waals surface area contributed by atoms with Crippen LogP contribution >= 0.6 is 0 Å². The molecule has 0 saturated carbocycles. The minimum Gasteiger partial charge on any atom is -0.460 e. The van der Waals surface area contributed by atoms with E-state index in [0.717, 1.165) is 68.3 Å². The lowest BCUT2D eigenvalue weighted by molar-refractivity contribution is -0.153. The minimum absolute atomic E-state index is 0.00345. The summed E-state index contributed by atoms with van der Waals surface area (Å²) >= 11 is 0. The van der Waals surface area contributed by atoms with E-state index in [4.69, 9.17) is 18.9 Å². The number of nitrogens with one attached hydrogen (secondary N) is 2. The fourth-order valence-corrected chi connectivity index (χ4v) is 10.4. The van der Waals surface area contributed by atoms with Crippen molar-refractivity contribution in [3.8, 4) is 0 Å². The van der Waals surface area contributed by atoms with Gasteiger partial charge in [0, 0.05) is 6.42 Å². The lowest BCUT2D eigenvalue weighted by atomic mass is 10.0. The van der Waals surface area contributed by atoms with Gasteiger partial charge >= 0.3 is 24.0 Å². The van der Waals surface area contributed by atoms with Crippen LogP contribution < -0.4 is 10.6 Å². The van der Waals surface area contributed by atoms with Gasteiger partial charge in [0.1, 0.15) is 43.5 Å². The summed E-state index contributed by atoms with van der Waals surface area (Å²) in [7, 11) is 0. The van der Waals surface area contributed by atoms with Gasteiger partial charge in [-0.1, -0.05) is 272 Å². The summed E-state index contributed by atoms with van der Waals surface area (Å²) in [5.74, 6) is -2.04. The molecule has 3 rings (SSSR count). The summed E-state index contributed by atoms with van der Waals surface area (Å²) in [6, 6.07) is 25.4. The first-order valence-electron chi connectivity index (χ1n) is 32.5. The average molecular weight is 1140 g/mol. The van der Waals surface area contributed by atoms with E-state index in [2.05, 4.69) is 29.4 Å². The van der Waals surface area contributed by atoms with Crippen molar-refractivity contribution in [2.24, 2.45) is 0 Å². The van der Waals surface area contributed by atoms with E-state index >= 15 is 0 Å². The van der Waals surface area contributed by atoms with Crippen LogP contribution in [0, 0.1) is 0 Å². The molecule has 2 amide bonds. The van der Waals surface area contributed by atoms with E-state index in [0.29, 0.717) is 0 Å². The maximum Gasteiger partial charge on any atom is 0.408 e. The lowest BCUT2D eigenvalue weighted by Gasteiger charge is -2.30.